The quantitative estimate of drug-likeness (QED) is 0.553. The Kier molecular flexibility index (Phi) is 4.68. The van der Waals surface area contributed by atoms with E-state index in [1.165, 1.54) is 12.7 Å². The van der Waals surface area contributed by atoms with E-state index in [0.29, 0.717) is 17.8 Å². The Morgan fingerprint density at radius 1 is 1.35 bits per heavy atom. The van der Waals surface area contributed by atoms with Gasteiger partial charge in [0.25, 0.3) is 0 Å². The Hall–Kier alpha value is -1.85. The van der Waals surface area contributed by atoms with Crippen molar-refractivity contribution in [2.45, 2.75) is 24.5 Å². The third-order valence-electron chi connectivity index (χ3n) is 3.75. The number of nitrogens with zero attached hydrogens (tertiary/aromatic N) is 4. The van der Waals surface area contributed by atoms with Crippen LogP contribution in [-0.4, -0.2) is 75.0 Å². The minimum Gasteiger partial charge on any atom is -0.394 e. The molecule has 4 N–H and O–H groups in total. The summed E-state index contributed by atoms with van der Waals surface area (Å²) < 4.78 is 17.9. The molecule has 4 atom stereocenters. The van der Waals surface area contributed by atoms with E-state index in [9.17, 15) is 10.2 Å². The Labute approximate surface area is 131 Å². The molecule has 3 heterocycles. The normalized spacial score (nSPS) is 27.8. The van der Waals surface area contributed by atoms with E-state index in [1.54, 1.807) is 11.7 Å². The van der Waals surface area contributed by atoms with E-state index in [0.717, 1.165) is 0 Å². The van der Waals surface area contributed by atoms with Gasteiger partial charge >= 0.3 is 0 Å². The Morgan fingerprint density at radius 3 is 2.91 bits per heavy atom. The molecule has 1 aliphatic heterocycles. The van der Waals surface area contributed by atoms with Crippen LogP contribution in [0.2, 0.25) is 0 Å². The van der Waals surface area contributed by atoms with Crippen molar-refractivity contribution < 1.29 is 24.4 Å². The predicted octanol–water partition coefficient (Wildman–Crippen LogP) is -1.31. The van der Waals surface area contributed by atoms with Gasteiger partial charge in [-0.05, 0) is 0 Å². The van der Waals surface area contributed by atoms with Gasteiger partial charge < -0.3 is 30.2 Å². The van der Waals surface area contributed by atoms with E-state index in [-0.39, 0.29) is 19.0 Å². The first-order valence-electron chi connectivity index (χ1n) is 7.15. The Balaban J connectivity index is 1.92. The van der Waals surface area contributed by atoms with Crippen molar-refractivity contribution >= 4 is 17.0 Å². The second-order valence-electron chi connectivity index (χ2n) is 5.15. The summed E-state index contributed by atoms with van der Waals surface area (Å²) in [5, 5.41) is 19.7. The standard InChI is InChI=1S/C13H19N5O5/c1-21-2-3-22-10-9(20)7(4-19)23-13(10)18-6-17-8-11(14)15-5-16-12(8)18/h5-7,9-10,13,19-20H,2-4H2,1H3,(H2,14,15,16)/t7-,9?,10-,13-/m1/s1. The summed E-state index contributed by atoms with van der Waals surface area (Å²) in [6, 6.07) is 0. The van der Waals surface area contributed by atoms with Crippen LogP contribution in [0.3, 0.4) is 0 Å². The fraction of sp³-hybridized carbons (Fsp3) is 0.615. The molecule has 0 aromatic carbocycles. The highest BCUT2D eigenvalue weighted by atomic mass is 16.6. The molecule has 1 fully saturated rings. The summed E-state index contributed by atoms with van der Waals surface area (Å²) in [6.07, 6.45) is -0.317. The molecule has 0 aliphatic carbocycles. The van der Waals surface area contributed by atoms with Crippen molar-refractivity contribution in [3.05, 3.63) is 12.7 Å². The maximum absolute atomic E-state index is 10.3. The van der Waals surface area contributed by atoms with Crippen molar-refractivity contribution in [2.24, 2.45) is 0 Å². The van der Waals surface area contributed by atoms with Crippen LogP contribution in [0.4, 0.5) is 5.82 Å². The number of methoxy groups -OCH3 is 1. The van der Waals surface area contributed by atoms with Gasteiger partial charge in [-0.2, -0.15) is 0 Å². The summed E-state index contributed by atoms with van der Waals surface area (Å²) in [7, 11) is 1.56. The van der Waals surface area contributed by atoms with Crippen LogP contribution in [0, 0.1) is 0 Å². The first-order chi connectivity index (χ1) is 11.2. The van der Waals surface area contributed by atoms with E-state index < -0.39 is 24.5 Å². The highest BCUT2D eigenvalue weighted by Gasteiger charge is 2.45. The van der Waals surface area contributed by atoms with Gasteiger partial charge in [0.15, 0.2) is 17.7 Å². The molecule has 2 aromatic heterocycles. The molecule has 1 saturated heterocycles. The number of hydrogen-bond donors (Lipinski definition) is 3. The Bertz CT molecular complexity index is 665. The number of anilines is 1. The molecular weight excluding hydrogens is 306 g/mol. The second kappa shape index (κ2) is 6.72. The zero-order valence-corrected chi connectivity index (χ0v) is 12.6. The van der Waals surface area contributed by atoms with E-state index in [1.807, 2.05) is 0 Å². The van der Waals surface area contributed by atoms with Gasteiger partial charge in [0, 0.05) is 7.11 Å². The predicted molar refractivity (Wildman–Crippen MR) is 78.4 cm³/mol. The molecule has 10 nitrogen and oxygen atoms in total. The molecule has 23 heavy (non-hydrogen) atoms. The SMILES string of the molecule is COCCO[C@@H]1C(O)[C@@H](CO)O[C@H]1n1cnc2c(N)ncnc21. The maximum atomic E-state index is 10.3. The first kappa shape index (κ1) is 16.0. The third-order valence-corrected chi connectivity index (χ3v) is 3.75. The van der Waals surface area contributed by atoms with E-state index in [2.05, 4.69) is 15.0 Å². The number of ether oxygens (including phenoxy) is 3. The minimum atomic E-state index is -0.988. The van der Waals surface area contributed by atoms with E-state index in [4.69, 9.17) is 19.9 Å². The van der Waals surface area contributed by atoms with Crippen molar-refractivity contribution in [3.63, 3.8) is 0 Å². The summed E-state index contributed by atoms with van der Waals surface area (Å²) >= 11 is 0. The smallest absolute Gasteiger partial charge is 0.167 e. The van der Waals surface area contributed by atoms with Gasteiger partial charge in [-0.15, -0.1) is 0 Å². The van der Waals surface area contributed by atoms with Crippen LogP contribution >= 0.6 is 0 Å². The number of rotatable bonds is 6. The average Bonchev–Trinajstić information content (AvgIpc) is 3.10. The van der Waals surface area contributed by atoms with Crippen LogP contribution in [0.5, 0.6) is 0 Å². The van der Waals surface area contributed by atoms with Gasteiger partial charge in [0.1, 0.15) is 30.2 Å². The van der Waals surface area contributed by atoms with E-state index >= 15 is 0 Å². The summed E-state index contributed by atoms with van der Waals surface area (Å²) in [5.74, 6) is 0.253. The maximum Gasteiger partial charge on any atom is 0.167 e. The second-order valence-corrected chi connectivity index (χ2v) is 5.15. The molecule has 2 aromatic rings. The van der Waals surface area contributed by atoms with Crippen LogP contribution in [0.25, 0.3) is 11.2 Å². The zero-order valence-electron chi connectivity index (χ0n) is 12.6. The fourth-order valence-electron chi connectivity index (χ4n) is 2.60. The molecule has 126 valence electrons. The minimum absolute atomic E-state index is 0.253. The molecule has 0 spiro atoms. The highest BCUT2D eigenvalue weighted by molar-refractivity contribution is 5.81. The van der Waals surface area contributed by atoms with Gasteiger partial charge in [0.2, 0.25) is 0 Å². The number of fused-ring (bicyclic) bond motifs is 1. The number of aliphatic hydroxyl groups is 2. The monoisotopic (exact) mass is 325 g/mol. The van der Waals surface area contributed by atoms with Gasteiger partial charge in [-0.1, -0.05) is 0 Å². The molecule has 0 radical (unpaired) electrons. The number of hydrogen-bond acceptors (Lipinski definition) is 9. The molecule has 10 heteroatoms. The van der Waals surface area contributed by atoms with Crippen LogP contribution in [-0.2, 0) is 14.2 Å². The molecule has 3 rings (SSSR count). The topological polar surface area (TPSA) is 138 Å². The average molecular weight is 325 g/mol. The van der Waals surface area contributed by atoms with Crippen LogP contribution in [0.1, 0.15) is 6.23 Å². The molecular formula is C13H19N5O5. The summed E-state index contributed by atoms with van der Waals surface area (Å²) in [4.78, 5) is 12.2. The van der Waals surface area contributed by atoms with Crippen molar-refractivity contribution in [3.8, 4) is 0 Å². The molecule has 0 bridgehead atoms. The fourth-order valence-corrected chi connectivity index (χ4v) is 2.60. The summed E-state index contributed by atoms with van der Waals surface area (Å²) in [6.45, 7) is 0.324. The van der Waals surface area contributed by atoms with Gasteiger partial charge in [-0.3, -0.25) is 4.57 Å². The lowest BCUT2D eigenvalue weighted by Gasteiger charge is -2.21. The molecule has 1 aliphatic rings. The van der Waals surface area contributed by atoms with Gasteiger partial charge in [-0.25, -0.2) is 15.0 Å². The molecule has 0 saturated carbocycles. The molecule has 0 amide bonds. The lowest BCUT2D eigenvalue weighted by atomic mass is 10.1. The lowest BCUT2D eigenvalue weighted by Crippen LogP contribution is -2.36. The number of imidazole rings is 1. The first-order valence-corrected chi connectivity index (χ1v) is 7.15. The third kappa shape index (κ3) is 2.86. The van der Waals surface area contributed by atoms with Crippen molar-refractivity contribution in [1.29, 1.82) is 0 Å². The van der Waals surface area contributed by atoms with Crippen molar-refractivity contribution in [2.75, 3.05) is 32.7 Å². The lowest BCUT2D eigenvalue weighted by molar-refractivity contribution is -0.0785. The number of aliphatic hydroxyl groups excluding tert-OH is 2. The van der Waals surface area contributed by atoms with Crippen molar-refractivity contribution in [1.82, 2.24) is 19.5 Å². The summed E-state index contributed by atoms with van der Waals surface area (Å²) in [5.41, 5.74) is 6.68. The molecule has 1 unspecified atom stereocenters. The number of nitrogen functional groups attached to an aromatic ring is 1. The van der Waals surface area contributed by atoms with Crippen LogP contribution in [0.15, 0.2) is 12.7 Å². The number of nitrogens with two attached hydrogens (primary N) is 1. The van der Waals surface area contributed by atoms with Crippen LogP contribution < -0.4 is 5.73 Å². The van der Waals surface area contributed by atoms with Gasteiger partial charge in [0.05, 0.1) is 26.1 Å². The Morgan fingerprint density at radius 2 is 2.17 bits per heavy atom. The largest absolute Gasteiger partial charge is 0.394 e. The number of aromatic nitrogens is 4. The zero-order chi connectivity index (χ0) is 16.4. The highest BCUT2D eigenvalue weighted by Crippen LogP contribution is 2.33.